The number of benzene rings is 1. The molecule has 2 heterocycles. The third kappa shape index (κ3) is 4.40. The average Bonchev–Trinajstić information content (AvgIpc) is 3.18. The van der Waals surface area contributed by atoms with Crippen LogP contribution >= 0.6 is 0 Å². The van der Waals surface area contributed by atoms with Gasteiger partial charge in [-0.05, 0) is 39.8 Å². The molecule has 8 nitrogen and oxygen atoms in total. The van der Waals surface area contributed by atoms with Crippen molar-refractivity contribution < 1.29 is 18.0 Å². The molecule has 1 amide bonds. The Bertz CT molecular complexity index is 1010. The van der Waals surface area contributed by atoms with Crippen LogP contribution in [0.3, 0.4) is 0 Å². The second-order valence-corrected chi connectivity index (χ2v) is 10.1. The van der Waals surface area contributed by atoms with Gasteiger partial charge in [-0.2, -0.15) is 9.40 Å². The summed E-state index contributed by atoms with van der Waals surface area (Å²) in [7, 11) is -3.62. The molecule has 2 aromatic rings. The molecule has 1 fully saturated rings. The number of hydrogen-bond acceptors (Lipinski definition) is 5. The monoisotopic (exact) mass is 418 g/mol. The number of amides is 1. The van der Waals surface area contributed by atoms with Crippen LogP contribution in [0.15, 0.2) is 41.6 Å². The van der Waals surface area contributed by atoms with Crippen molar-refractivity contribution in [1.82, 2.24) is 19.0 Å². The Labute approximate surface area is 171 Å². The van der Waals surface area contributed by atoms with E-state index in [0.29, 0.717) is 0 Å². The lowest BCUT2D eigenvalue weighted by atomic mass is 10.1. The summed E-state index contributed by atoms with van der Waals surface area (Å²) in [5, 5.41) is 4.16. The van der Waals surface area contributed by atoms with Crippen molar-refractivity contribution in [3.8, 4) is 0 Å². The Morgan fingerprint density at radius 3 is 2.10 bits per heavy atom. The SMILES string of the molecule is Cc1ccc(S(=O)(=O)N2CCN(C(=O)C(=O)c3cnn(C(C)(C)C)c3)CC2)cc1. The molecule has 9 heteroatoms. The number of piperazine rings is 1. The van der Waals surface area contributed by atoms with Crippen LogP contribution < -0.4 is 0 Å². The molecule has 1 aromatic carbocycles. The number of aryl methyl sites for hydroxylation is 1. The van der Waals surface area contributed by atoms with Gasteiger partial charge in [-0.25, -0.2) is 8.42 Å². The van der Waals surface area contributed by atoms with Crippen LogP contribution in [0.25, 0.3) is 0 Å². The van der Waals surface area contributed by atoms with Gasteiger partial charge < -0.3 is 4.90 Å². The van der Waals surface area contributed by atoms with Crippen molar-refractivity contribution in [2.45, 2.75) is 38.1 Å². The highest BCUT2D eigenvalue weighted by atomic mass is 32.2. The van der Waals surface area contributed by atoms with Gasteiger partial charge in [0.1, 0.15) is 0 Å². The maximum Gasteiger partial charge on any atom is 0.295 e. The third-order valence-corrected chi connectivity index (χ3v) is 6.82. The molecule has 0 aliphatic carbocycles. The van der Waals surface area contributed by atoms with Crippen molar-refractivity contribution >= 4 is 21.7 Å². The fraction of sp³-hybridized carbons (Fsp3) is 0.450. The Balaban J connectivity index is 1.65. The zero-order valence-electron chi connectivity index (χ0n) is 17.1. The van der Waals surface area contributed by atoms with E-state index >= 15 is 0 Å². The number of aromatic nitrogens is 2. The molecule has 29 heavy (non-hydrogen) atoms. The van der Waals surface area contributed by atoms with E-state index in [0.717, 1.165) is 5.56 Å². The Kier molecular flexibility index (Phi) is 5.64. The van der Waals surface area contributed by atoms with Crippen molar-refractivity contribution in [2.24, 2.45) is 0 Å². The highest BCUT2D eigenvalue weighted by Crippen LogP contribution is 2.19. The van der Waals surface area contributed by atoms with Crippen molar-refractivity contribution in [3.63, 3.8) is 0 Å². The summed E-state index contributed by atoms with van der Waals surface area (Å²) in [6, 6.07) is 6.67. The standard InChI is InChI=1S/C20H26N4O4S/c1-15-5-7-17(8-6-15)29(27,28)23-11-9-22(10-12-23)19(26)18(25)16-13-21-24(14-16)20(2,3)4/h5-8,13-14H,9-12H2,1-4H3. The van der Waals surface area contributed by atoms with Gasteiger partial charge in [0.2, 0.25) is 10.0 Å². The predicted molar refractivity (Wildman–Crippen MR) is 108 cm³/mol. The van der Waals surface area contributed by atoms with Gasteiger partial charge in [0.05, 0.1) is 22.2 Å². The number of nitrogens with zero attached hydrogens (tertiary/aromatic N) is 4. The summed E-state index contributed by atoms with van der Waals surface area (Å²) >= 11 is 0. The van der Waals surface area contributed by atoms with Crippen LogP contribution in [-0.4, -0.2) is 65.3 Å². The molecule has 0 bridgehead atoms. The molecule has 0 saturated carbocycles. The first-order valence-electron chi connectivity index (χ1n) is 9.46. The zero-order chi connectivity index (χ0) is 21.4. The molecule has 0 atom stereocenters. The lowest BCUT2D eigenvalue weighted by Gasteiger charge is -2.33. The maximum absolute atomic E-state index is 12.8. The summed E-state index contributed by atoms with van der Waals surface area (Å²) < 4.78 is 28.5. The fourth-order valence-corrected chi connectivity index (χ4v) is 4.49. The third-order valence-electron chi connectivity index (χ3n) is 4.91. The molecule has 1 saturated heterocycles. The molecular formula is C20H26N4O4S. The largest absolute Gasteiger partial charge is 0.333 e. The number of carbonyl (C=O) groups is 2. The van der Waals surface area contributed by atoms with Crippen molar-refractivity contribution in [2.75, 3.05) is 26.2 Å². The van der Waals surface area contributed by atoms with Gasteiger partial charge in [-0.1, -0.05) is 17.7 Å². The first kappa shape index (κ1) is 21.2. The van der Waals surface area contributed by atoms with Crippen LogP contribution in [0.5, 0.6) is 0 Å². The quantitative estimate of drug-likeness (QED) is 0.556. The Morgan fingerprint density at radius 1 is 1.00 bits per heavy atom. The zero-order valence-corrected chi connectivity index (χ0v) is 17.9. The van der Waals surface area contributed by atoms with Gasteiger partial charge in [-0.3, -0.25) is 14.3 Å². The summed E-state index contributed by atoms with van der Waals surface area (Å²) in [6.45, 7) is 8.37. The minimum Gasteiger partial charge on any atom is -0.333 e. The number of carbonyl (C=O) groups excluding carboxylic acids is 2. The van der Waals surface area contributed by atoms with Crippen LogP contribution in [0.4, 0.5) is 0 Å². The van der Waals surface area contributed by atoms with Gasteiger partial charge >= 0.3 is 0 Å². The number of ketones is 1. The van der Waals surface area contributed by atoms with Gasteiger partial charge in [0.25, 0.3) is 11.7 Å². The maximum atomic E-state index is 12.8. The lowest BCUT2D eigenvalue weighted by Crippen LogP contribution is -2.52. The average molecular weight is 419 g/mol. The molecule has 1 aromatic heterocycles. The van der Waals surface area contributed by atoms with E-state index in [1.807, 2.05) is 27.7 Å². The lowest BCUT2D eigenvalue weighted by molar-refractivity contribution is -0.127. The first-order chi connectivity index (χ1) is 13.5. The van der Waals surface area contributed by atoms with E-state index in [4.69, 9.17) is 0 Å². The number of sulfonamides is 1. The first-order valence-corrected chi connectivity index (χ1v) is 10.9. The second kappa shape index (κ2) is 7.72. The van der Waals surface area contributed by atoms with Crippen LogP contribution in [-0.2, 0) is 20.4 Å². The van der Waals surface area contributed by atoms with Crippen molar-refractivity contribution in [1.29, 1.82) is 0 Å². The van der Waals surface area contributed by atoms with Gasteiger partial charge in [-0.15, -0.1) is 0 Å². The number of Topliss-reactive ketones (excluding diaryl/α,β-unsaturated/α-hetero) is 1. The molecule has 0 radical (unpaired) electrons. The van der Waals surface area contributed by atoms with Crippen molar-refractivity contribution in [3.05, 3.63) is 47.8 Å². The normalized spacial score (nSPS) is 16.1. The van der Waals surface area contributed by atoms with E-state index in [1.54, 1.807) is 35.1 Å². The molecular weight excluding hydrogens is 392 g/mol. The summed E-state index contributed by atoms with van der Waals surface area (Å²) in [6.07, 6.45) is 2.96. The van der Waals surface area contributed by atoms with E-state index in [1.165, 1.54) is 15.4 Å². The highest BCUT2D eigenvalue weighted by molar-refractivity contribution is 7.89. The fourth-order valence-electron chi connectivity index (χ4n) is 3.06. The molecule has 0 spiro atoms. The van der Waals surface area contributed by atoms with Crippen LogP contribution in [0, 0.1) is 6.92 Å². The number of rotatable bonds is 4. The topological polar surface area (TPSA) is 92.6 Å². The Morgan fingerprint density at radius 2 is 1.59 bits per heavy atom. The van der Waals surface area contributed by atoms with Crippen LogP contribution in [0.2, 0.25) is 0 Å². The van der Waals surface area contributed by atoms with Crippen LogP contribution in [0.1, 0.15) is 36.7 Å². The minimum atomic E-state index is -3.62. The molecule has 0 N–H and O–H groups in total. The second-order valence-electron chi connectivity index (χ2n) is 8.18. The van der Waals surface area contributed by atoms with E-state index in [-0.39, 0.29) is 42.2 Å². The summed E-state index contributed by atoms with van der Waals surface area (Å²) in [5.41, 5.74) is 0.921. The van der Waals surface area contributed by atoms with E-state index in [9.17, 15) is 18.0 Å². The summed E-state index contributed by atoms with van der Waals surface area (Å²) in [4.78, 5) is 26.8. The van der Waals surface area contributed by atoms with Gasteiger partial charge in [0, 0.05) is 32.4 Å². The molecule has 156 valence electrons. The highest BCUT2D eigenvalue weighted by Gasteiger charge is 2.33. The van der Waals surface area contributed by atoms with E-state index < -0.39 is 21.7 Å². The molecule has 1 aliphatic heterocycles. The minimum absolute atomic E-state index is 0.149. The molecule has 1 aliphatic rings. The predicted octanol–water partition coefficient (Wildman–Crippen LogP) is 1.66. The molecule has 0 unspecified atom stereocenters. The Hall–Kier alpha value is -2.52. The smallest absolute Gasteiger partial charge is 0.295 e. The number of hydrogen-bond donors (Lipinski definition) is 0. The van der Waals surface area contributed by atoms with E-state index in [2.05, 4.69) is 5.10 Å². The molecule has 3 rings (SSSR count). The van der Waals surface area contributed by atoms with Gasteiger partial charge in [0.15, 0.2) is 0 Å². The summed E-state index contributed by atoms with van der Waals surface area (Å²) in [5.74, 6) is -1.26.